The van der Waals surface area contributed by atoms with Crippen molar-refractivity contribution >= 4 is 32.3 Å². The van der Waals surface area contributed by atoms with Crippen molar-refractivity contribution < 1.29 is 0 Å². The van der Waals surface area contributed by atoms with Gasteiger partial charge in [0.15, 0.2) is 0 Å². The smallest absolute Gasteiger partial charge is 0.259 e. The van der Waals surface area contributed by atoms with Gasteiger partial charge >= 0.3 is 0 Å². The minimum atomic E-state index is 0.0433. The summed E-state index contributed by atoms with van der Waals surface area (Å²) in [5.74, 6) is 0. The van der Waals surface area contributed by atoms with Gasteiger partial charge in [-0.25, -0.2) is 4.98 Å². The first-order chi connectivity index (χ1) is 8.15. The van der Waals surface area contributed by atoms with E-state index < -0.39 is 0 Å². The zero-order valence-corrected chi connectivity index (χ0v) is 10.5. The van der Waals surface area contributed by atoms with Gasteiger partial charge in [-0.1, -0.05) is 29.5 Å². The van der Waals surface area contributed by atoms with Crippen molar-refractivity contribution in [3.63, 3.8) is 0 Å². The molecule has 0 bridgehead atoms. The fraction of sp³-hybridized carbons (Fsp3) is 0.143. The highest BCUT2D eigenvalue weighted by Gasteiger charge is 2.06. The zero-order valence-electron chi connectivity index (χ0n) is 9.65. The van der Waals surface area contributed by atoms with E-state index in [1.165, 1.54) is 16.9 Å². The van der Waals surface area contributed by atoms with Crippen molar-refractivity contribution in [2.45, 2.75) is 13.8 Å². The van der Waals surface area contributed by atoms with Crippen LogP contribution in [0.5, 0.6) is 0 Å². The molecule has 0 saturated carbocycles. The van der Waals surface area contributed by atoms with Gasteiger partial charge in [-0.3, -0.25) is 4.79 Å². The number of fused-ring (bicyclic) bond motifs is 3. The normalized spacial score (nSPS) is 11.2. The van der Waals surface area contributed by atoms with Gasteiger partial charge in [0.1, 0.15) is 5.52 Å². The number of benzene rings is 1. The minimum Gasteiger partial charge on any atom is -0.275 e. The number of hydrogen-bond acceptors (Lipinski definition) is 3. The summed E-state index contributed by atoms with van der Waals surface area (Å²) >= 11 is 1.28. The van der Waals surface area contributed by atoms with Gasteiger partial charge < -0.3 is 0 Å². The van der Waals surface area contributed by atoms with Crippen LogP contribution >= 0.6 is 11.3 Å². The molecule has 0 atom stereocenters. The molecule has 0 aliphatic heterocycles. The van der Waals surface area contributed by atoms with E-state index in [0.29, 0.717) is 5.52 Å². The predicted octanol–water partition coefficient (Wildman–Crippen LogP) is 3.43. The Balaban J connectivity index is 2.60. The van der Waals surface area contributed by atoms with Gasteiger partial charge in [-0.15, -0.1) is 0 Å². The van der Waals surface area contributed by atoms with Gasteiger partial charge in [0, 0.05) is 21.2 Å². The number of rotatable bonds is 0. The fourth-order valence-electron chi connectivity index (χ4n) is 2.01. The molecule has 0 unspecified atom stereocenters. The van der Waals surface area contributed by atoms with E-state index in [-0.39, 0.29) is 4.74 Å². The molecule has 0 radical (unpaired) electrons. The molecule has 0 spiro atoms. The topological polar surface area (TPSA) is 30.0 Å². The monoisotopic (exact) mass is 241 g/mol. The number of aromatic nitrogens is 1. The molecule has 2 aromatic heterocycles. The van der Waals surface area contributed by atoms with Crippen LogP contribution in [-0.2, 0) is 0 Å². The van der Waals surface area contributed by atoms with Crippen LogP contribution in [0.25, 0.3) is 21.0 Å². The molecule has 0 amide bonds. The van der Waals surface area contributed by atoms with Crippen LogP contribution in [0.2, 0.25) is 0 Å². The highest BCUT2D eigenvalue weighted by molar-refractivity contribution is 7.16. The average molecular weight is 241 g/mol. The Hall–Kier alpha value is -1.74. The molecule has 2 nitrogen and oxygen atoms in total. The van der Waals surface area contributed by atoms with Crippen LogP contribution in [0, 0.1) is 13.8 Å². The maximum Gasteiger partial charge on any atom is 0.259 e. The largest absolute Gasteiger partial charge is 0.275 e. The molecule has 0 N–H and O–H groups in total. The van der Waals surface area contributed by atoms with Crippen LogP contribution in [0.1, 0.15) is 11.3 Å². The summed E-state index contributed by atoms with van der Waals surface area (Å²) in [5.41, 5.74) is 2.65. The Bertz CT molecular complexity index is 789. The molecular weight excluding hydrogens is 230 g/mol. The van der Waals surface area contributed by atoms with Crippen molar-refractivity contribution in [3.8, 4) is 0 Å². The van der Waals surface area contributed by atoms with Crippen molar-refractivity contribution in [1.29, 1.82) is 0 Å². The third kappa shape index (κ3) is 1.63. The van der Waals surface area contributed by atoms with E-state index in [9.17, 15) is 4.79 Å². The summed E-state index contributed by atoms with van der Waals surface area (Å²) in [6.45, 7) is 3.94. The molecule has 1 aromatic carbocycles. The predicted molar refractivity (Wildman–Crippen MR) is 72.9 cm³/mol. The lowest BCUT2D eigenvalue weighted by atomic mass is 10.1. The summed E-state index contributed by atoms with van der Waals surface area (Å²) < 4.78 is 1.08. The Kier molecular flexibility index (Phi) is 2.23. The second-order valence-corrected chi connectivity index (χ2v) is 5.25. The molecule has 2 heterocycles. The fourth-order valence-corrected chi connectivity index (χ4v) is 3.00. The maximum atomic E-state index is 12.0. The van der Waals surface area contributed by atoms with Gasteiger partial charge in [0.2, 0.25) is 0 Å². The van der Waals surface area contributed by atoms with Crippen LogP contribution in [0.3, 0.4) is 0 Å². The SMILES string of the molecule is Cc1ccc2c(c1)sc(=O)c1nc(C)ccc12. The quantitative estimate of drug-likeness (QED) is 0.564. The molecule has 3 rings (SSSR count). The third-order valence-corrected chi connectivity index (χ3v) is 3.79. The Labute approximate surface area is 103 Å². The number of pyridine rings is 1. The summed E-state index contributed by atoms with van der Waals surface area (Å²) in [4.78, 5) is 16.4. The molecule has 84 valence electrons. The first kappa shape index (κ1) is 10.4. The van der Waals surface area contributed by atoms with Crippen molar-refractivity contribution in [2.24, 2.45) is 0 Å². The summed E-state index contributed by atoms with van der Waals surface area (Å²) in [7, 11) is 0. The van der Waals surface area contributed by atoms with Crippen LogP contribution in [0.4, 0.5) is 0 Å². The van der Waals surface area contributed by atoms with Gasteiger partial charge in [-0.05, 0) is 31.5 Å². The van der Waals surface area contributed by atoms with Crippen LogP contribution in [-0.4, -0.2) is 4.98 Å². The maximum absolute atomic E-state index is 12.0. The van der Waals surface area contributed by atoms with E-state index in [1.807, 2.05) is 26.0 Å². The number of hydrogen-bond donors (Lipinski definition) is 0. The van der Waals surface area contributed by atoms with Crippen molar-refractivity contribution in [1.82, 2.24) is 4.98 Å². The number of aryl methyl sites for hydroxylation is 2. The Morgan fingerprint density at radius 1 is 1.06 bits per heavy atom. The Morgan fingerprint density at radius 2 is 1.82 bits per heavy atom. The van der Waals surface area contributed by atoms with Gasteiger partial charge in [0.05, 0.1) is 0 Å². The van der Waals surface area contributed by atoms with E-state index in [0.717, 1.165) is 21.2 Å². The van der Waals surface area contributed by atoms with E-state index in [1.54, 1.807) is 0 Å². The first-order valence-corrected chi connectivity index (χ1v) is 6.27. The second kappa shape index (κ2) is 3.64. The molecule has 3 heteroatoms. The van der Waals surface area contributed by atoms with Gasteiger partial charge in [0.25, 0.3) is 4.74 Å². The van der Waals surface area contributed by atoms with Crippen molar-refractivity contribution in [2.75, 3.05) is 0 Å². The second-order valence-electron chi connectivity index (χ2n) is 4.24. The summed E-state index contributed by atoms with van der Waals surface area (Å²) in [5, 5.41) is 2.07. The zero-order chi connectivity index (χ0) is 12.0. The summed E-state index contributed by atoms with van der Waals surface area (Å²) in [6.07, 6.45) is 0. The lowest BCUT2D eigenvalue weighted by Crippen LogP contribution is -1.99. The molecule has 0 aliphatic carbocycles. The molecule has 0 aliphatic rings. The highest BCUT2D eigenvalue weighted by Crippen LogP contribution is 2.25. The van der Waals surface area contributed by atoms with Crippen molar-refractivity contribution in [3.05, 3.63) is 51.1 Å². The van der Waals surface area contributed by atoms with Crippen LogP contribution < -0.4 is 4.74 Å². The number of nitrogens with zero attached hydrogens (tertiary/aromatic N) is 1. The lowest BCUT2D eigenvalue weighted by molar-refractivity contribution is 1.26. The molecule has 0 saturated heterocycles. The minimum absolute atomic E-state index is 0.0433. The van der Waals surface area contributed by atoms with E-state index in [2.05, 4.69) is 23.2 Å². The standard InChI is InChI=1S/C14H11NOS/c1-8-3-5-10-11-6-4-9(2)15-13(11)14(16)17-12(10)7-8/h3-7H,1-2H3. The lowest BCUT2D eigenvalue weighted by Gasteiger charge is -2.03. The summed E-state index contributed by atoms with van der Waals surface area (Å²) in [6, 6.07) is 10.1. The molecular formula is C14H11NOS. The van der Waals surface area contributed by atoms with Gasteiger partial charge in [-0.2, -0.15) is 0 Å². The van der Waals surface area contributed by atoms with Crippen LogP contribution in [0.15, 0.2) is 35.1 Å². The average Bonchev–Trinajstić information content (AvgIpc) is 2.29. The Morgan fingerprint density at radius 3 is 2.65 bits per heavy atom. The first-order valence-electron chi connectivity index (χ1n) is 5.46. The molecule has 3 aromatic rings. The molecule has 0 fully saturated rings. The van der Waals surface area contributed by atoms with E-state index >= 15 is 0 Å². The third-order valence-electron chi connectivity index (χ3n) is 2.86. The highest BCUT2D eigenvalue weighted by atomic mass is 32.1. The van der Waals surface area contributed by atoms with E-state index in [4.69, 9.17) is 0 Å². The molecule has 17 heavy (non-hydrogen) atoms.